The Bertz CT molecular complexity index is 1340. The zero-order valence-electron chi connectivity index (χ0n) is 20.9. The van der Waals surface area contributed by atoms with Crippen molar-refractivity contribution in [3.8, 4) is 5.75 Å². The molecule has 2 aromatic heterocycles. The number of amides is 1. The number of rotatable bonds is 10. The van der Waals surface area contributed by atoms with Crippen molar-refractivity contribution in [3.05, 3.63) is 34.2 Å². The minimum Gasteiger partial charge on any atom is -0.494 e. The Labute approximate surface area is 225 Å². The lowest BCUT2D eigenvalue weighted by Gasteiger charge is -2.29. The summed E-state index contributed by atoms with van der Waals surface area (Å²) in [5.74, 6) is 0.399. The number of likely N-dealkylation sites (N-methyl/N-ethyl adjacent to an activating group) is 1. The van der Waals surface area contributed by atoms with E-state index >= 15 is 0 Å². The van der Waals surface area contributed by atoms with Gasteiger partial charge in [0.1, 0.15) is 21.5 Å². The summed E-state index contributed by atoms with van der Waals surface area (Å²) >= 11 is 8.46. The van der Waals surface area contributed by atoms with E-state index in [1.807, 2.05) is 19.1 Å². The largest absolute Gasteiger partial charge is 0.494 e. The molecule has 3 aromatic rings. The number of sulfonamides is 1. The van der Waals surface area contributed by atoms with E-state index in [1.165, 1.54) is 21.7 Å². The van der Waals surface area contributed by atoms with Gasteiger partial charge >= 0.3 is 0 Å². The van der Waals surface area contributed by atoms with Crippen LogP contribution in [-0.2, 0) is 14.8 Å². The summed E-state index contributed by atoms with van der Waals surface area (Å²) in [6.45, 7) is 9.25. The first-order chi connectivity index (χ1) is 17.2. The van der Waals surface area contributed by atoms with E-state index in [0.717, 1.165) is 34.7 Å². The van der Waals surface area contributed by atoms with Crippen LogP contribution in [0.3, 0.4) is 0 Å². The lowest BCUT2D eigenvalue weighted by molar-refractivity contribution is -0.121. The van der Waals surface area contributed by atoms with Crippen molar-refractivity contribution in [3.63, 3.8) is 0 Å². The number of halogens is 1. The molecule has 12 heteroatoms. The number of nitrogens with zero attached hydrogens (tertiary/aromatic N) is 4. The predicted octanol–water partition coefficient (Wildman–Crippen LogP) is 4.86. The molecular formula is C24H31ClN4O4S3. The molecule has 1 fully saturated rings. The fraction of sp³-hybridized carbons (Fsp3) is 0.500. The minimum atomic E-state index is -3.84. The van der Waals surface area contributed by atoms with Gasteiger partial charge in [-0.1, -0.05) is 42.9 Å². The molecule has 1 aromatic carbocycles. The van der Waals surface area contributed by atoms with Gasteiger partial charge in [0.25, 0.3) is 10.0 Å². The van der Waals surface area contributed by atoms with Gasteiger partial charge in [-0.05, 0) is 56.6 Å². The van der Waals surface area contributed by atoms with Crippen LogP contribution < -0.4 is 9.64 Å². The van der Waals surface area contributed by atoms with Gasteiger partial charge < -0.3 is 9.64 Å². The molecule has 1 unspecified atom stereocenters. The highest BCUT2D eigenvalue weighted by atomic mass is 35.5. The lowest BCUT2D eigenvalue weighted by atomic mass is 10.2. The van der Waals surface area contributed by atoms with Crippen LogP contribution in [0.25, 0.3) is 10.2 Å². The van der Waals surface area contributed by atoms with Gasteiger partial charge in [0.15, 0.2) is 5.13 Å². The molecule has 0 spiro atoms. The number of hydrogen-bond donors (Lipinski definition) is 0. The Morgan fingerprint density at radius 1 is 1.19 bits per heavy atom. The quantitative estimate of drug-likeness (QED) is 0.346. The first kappa shape index (κ1) is 27.3. The summed E-state index contributed by atoms with van der Waals surface area (Å²) in [4.78, 5) is 22.8. The lowest BCUT2D eigenvalue weighted by Crippen LogP contribution is -2.49. The van der Waals surface area contributed by atoms with Crippen molar-refractivity contribution in [1.82, 2.24) is 14.2 Å². The summed E-state index contributed by atoms with van der Waals surface area (Å²) in [6.07, 6.45) is 1.08. The molecule has 0 saturated carbocycles. The molecule has 4 rings (SSSR count). The van der Waals surface area contributed by atoms with E-state index < -0.39 is 16.1 Å². The number of hydrogen-bond acceptors (Lipinski definition) is 8. The second-order valence-corrected chi connectivity index (χ2v) is 13.4. The van der Waals surface area contributed by atoms with Gasteiger partial charge in [0.2, 0.25) is 5.91 Å². The highest BCUT2D eigenvalue weighted by molar-refractivity contribution is 7.91. The van der Waals surface area contributed by atoms with Crippen molar-refractivity contribution in [2.45, 2.75) is 43.9 Å². The Hall–Kier alpha value is -1.76. The van der Waals surface area contributed by atoms with Crippen LogP contribution in [0.1, 0.15) is 32.3 Å². The summed E-state index contributed by atoms with van der Waals surface area (Å²) < 4.78 is 35.2. The third kappa shape index (κ3) is 5.27. The van der Waals surface area contributed by atoms with E-state index in [2.05, 4.69) is 18.7 Å². The predicted molar refractivity (Wildman–Crippen MR) is 147 cm³/mol. The molecule has 1 saturated heterocycles. The second kappa shape index (κ2) is 11.3. The molecule has 196 valence electrons. The number of benzene rings is 1. The summed E-state index contributed by atoms with van der Waals surface area (Å²) in [5, 5.41) is 0.554. The van der Waals surface area contributed by atoms with Crippen LogP contribution >= 0.6 is 34.3 Å². The van der Waals surface area contributed by atoms with Crippen molar-refractivity contribution in [2.75, 3.05) is 44.7 Å². The maximum atomic E-state index is 14.1. The fourth-order valence-electron chi connectivity index (χ4n) is 4.47. The van der Waals surface area contributed by atoms with Gasteiger partial charge in [-0.15, -0.1) is 11.3 Å². The SMILES string of the molecule is CCN(CC)CCN(C(=O)C1CCCN1S(=O)(=O)c1ccc(Cl)s1)c1nc2c(OC)ccc(C)c2s1. The van der Waals surface area contributed by atoms with Gasteiger partial charge in [-0.25, -0.2) is 13.4 Å². The Kier molecular flexibility index (Phi) is 8.58. The van der Waals surface area contributed by atoms with Gasteiger partial charge in [-0.2, -0.15) is 4.31 Å². The van der Waals surface area contributed by atoms with E-state index in [1.54, 1.807) is 18.1 Å². The number of anilines is 1. The van der Waals surface area contributed by atoms with Crippen molar-refractivity contribution >= 4 is 65.6 Å². The van der Waals surface area contributed by atoms with Gasteiger partial charge in [-0.3, -0.25) is 9.69 Å². The van der Waals surface area contributed by atoms with Crippen LogP contribution in [-0.4, -0.2) is 74.4 Å². The summed E-state index contributed by atoms with van der Waals surface area (Å²) in [7, 11) is -2.24. The molecule has 1 aliphatic rings. The highest BCUT2D eigenvalue weighted by Crippen LogP contribution is 2.38. The molecule has 0 N–H and O–H groups in total. The van der Waals surface area contributed by atoms with Crippen LogP contribution in [0.4, 0.5) is 5.13 Å². The normalized spacial score (nSPS) is 16.8. The topological polar surface area (TPSA) is 83.0 Å². The molecule has 3 heterocycles. The number of thiazole rings is 1. The molecule has 8 nitrogen and oxygen atoms in total. The van der Waals surface area contributed by atoms with Crippen LogP contribution in [0.2, 0.25) is 4.34 Å². The smallest absolute Gasteiger partial charge is 0.253 e. The highest BCUT2D eigenvalue weighted by Gasteiger charge is 2.42. The van der Waals surface area contributed by atoms with Crippen molar-refractivity contribution in [2.24, 2.45) is 0 Å². The second-order valence-electron chi connectivity index (χ2n) is 8.61. The first-order valence-electron chi connectivity index (χ1n) is 12.0. The average Bonchev–Trinajstić information content (AvgIpc) is 3.62. The Morgan fingerprint density at radius 3 is 2.58 bits per heavy atom. The maximum absolute atomic E-state index is 14.1. The van der Waals surface area contributed by atoms with Crippen molar-refractivity contribution < 1.29 is 17.9 Å². The molecule has 0 aliphatic carbocycles. The van der Waals surface area contributed by atoms with Crippen LogP contribution in [0.15, 0.2) is 28.5 Å². The summed E-state index contributed by atoms with van der Waals surface area (Å²) in [6, 6.07) is 6.13. The molecule has 1 atom stereocenters. The number of carbonyl (C=O) groups excluding carboxylic acids is 1. The molecular weight excluding hydrogens is 540 g/mol. The monoisotopic (exact) mass is 570 g/mol. The zero-order valence-corrected chi connectivity index (χ0v) is 24.1. The first-order valence-corrected chi connectivity index (χ1v) is 15.4. The number of fused-ring (bicyclic) bond motifs is 1. The third-order valence-corrected chi connectivity index (χ3v) is 11.4. The van der Waals surface area contributed by atoms with Crippen LogP contribution in [0, 0.1) is 6.92 Å². The number of aromatic nitrogens is 1. The van der Waals surface area contributed by atoms with Gasteiger partial charge in [0, 0.05) is 19.6 Å². The molecule has 0 radical (unpaired) electrons. The van der Waals surface area contributed by atoms with Crippen molar-refractivity contribution in [1.29, 1.82) is 0 Å². The van der Waals surface area contributed by atoms with E-state index in [9.17, 15) is 13.2 Å². The number of thiophene rings is 1. The van der Waals surface area contributed by atoms with Crippen LogP contribution in [0.5, 0.6) is 5.75 Å². The number of methoxy groups -OCH3 is 1. The maximum Gasteiger partial charge on any atom is 0.253 e. The molecule has 36 heavy (non-hydrogen) atoms. The standard InChI is InChI=1S/C24H31ClN4O4S3/c1-5-27(6-2)14-15-28(24-26-21-18(33-4)10-9-16(3)22(21)35-24)23(30)17-8-7-13-29(17)36(31,32)20-12-11-19(25)34-20/h9-12,17H,5-8,13-15H2,1-4H3. The molecule has 0 bridgehead atoms. The fourth-order valence-corrected chi connectivity index (χ4v) is 8.81. The summed E-state index contributed by atoms with van der Waals surface area (Å²) in [5.41, 5.74) is 1.76. The zero-order chi connectivity index (χ0) is 26.0. The molecule has 1 amide bonds. The average molecular weight is 571 g/mol. The third-order valence-electron chi connectivity index (χ3n) is 6.54. The number of carbonyl (C=O) groups is 1. The van der Waals surface area contributed by atoms with E-state index in [-0.39, 0.29) is 10.1 Å². The van der Waals surface area contributed by atoms with E-state index in [4.69, 9.17) is 21.3 Å². The minimum absolute atomic E-state index is 0.155. The van der Waals surface area contributed by atoms with E-state index in [0.29, 0.717) is 53.2 Å². The van der Waals surface area contributed by atoms with Gasteiger partial charge in [0.05, 0.1) is 16.1 Å². The Morgan fingerprint density at radius 2 is 1.94 bits per heavy atom. The molecule has 1 aliphatic heterocycles. The Balaban J connectivity index is 1.72. The number of aryl methyl sites for hydroxylation is 1. The number of ether oxygens (including phenoxy) is 1.